The smallest absolute Gasteiger partial charge is 0.139 e. The molecule has 1 atom stereocenters. The molecular formula is C26H28N6O2. The molecule has 0 amide bonds. The Kier molecular flexibility index (Phi) is 4.86. The number of fused-ring (bicyclic) bond motifs is 2. The third kappa shape index (κ3) is 3.70. The number of aromatic amines is 1. The Labute approximate surface area is 197 Å². The van der Waals surface area contributed by atoms with Crippen molar-refractivity contribution in [3.05, 3.63) is 77.7 Å². The number of nitrogens with one attached hydrogen (secondary N) is 3. The van der Waals surface area contributed by atoms with Crippen molar-refractivity contribution < 1.29 is 10.2 Å². The molecule has 2 aromatic heterocycles. The van der Waals surface area contributed by atoms with Crippen LogP contribution in [0.25, 0.3) is 22.8 Å². The molecule has 4 aromatic rings. The Morgan fingerprint density at radius 2 is 1.97 bits per heavy atom. The van der Waals surface area contributed by atoms with Crippen LogP contribution in [0.2, 0.25) is 0 Å². The van der Waals surface area contributed by atoms with Crippen molar-refractivity contribution >= 4 is 34.2 Å². The van der Waals surface area contributed by atoms with Crippen molar-refractivity contribution in [3.63, 3.8) is 0 Å². The summed E-state index contributed by atoms with van der Waals surface area (Å²) in [4.78, 5) is 2.17. The van der Waals surface area contributed by atoms with Gasteiger partial charge in [-0.25, -0.2) is 0 Å². The highest BCUT2D eigenvalue weighted by Crippen LogP contribution is 2.31. The molecule has 2 aliphatic heterocycles. The van der Waals surface area contributed by atoms with Crippen molar-refractivity contribution in [3.8, 4) is 0 Å². The Balaban J connectivity index is 1.23. The average Bonchev–Trinajstić information content (AvgIpc) is 3.45. The molecule has 1 saturated heterocycles. The number of β-amino-alcohol motifs (C(OH)–C–C–N with tert-alkyl or cyclic N) is 1. The van der Waals surface area contributed by atoms with Gasteiger partial charge in [-0.1, -0.05) is 12.1 Å². The SMILES string of the molecule is CC1(O)CN(c2ccc(NC3NC(c4ccc5c(CCO)[nH]nc5c4)=Cn4cccc43)cc2)C1. The second kappa shape index (κ2) is 7.93. The molecule has 0 radical (unpaired) electrons. The lowest BCUT2D eigenvalue weighted by Gasteiger charge is -2.45. The Morgan fingerprint density at radius 1 is 1.15 bits per heavy atom. The number of aromatic nitrogens is 3. The highest BCUT2D eigenvalue weighted by Gasteiger charge is 2.36. The Morgan fingerprint density at radius 3 is 2.74 bits per heavy atom. The summed E-state index contributed by atoms with van der Waals surface area (Å²) in [5.74, 6) is 0. The van der Waals surface area contributed by atoms with Gasteiger partial charge in [-0.2, -0.15) is 5.10 Å². The first kappa shape index (κ1) is 20.8. The molecule has 8 nitrogen and oxygen atoms in total. The van der Waals surface area contributed by atoms with Gasteiger partial charge in [0, 0.05) is 66.5 Å². The molecule has 0 saturated carbocycles. The monoisotopic (exact) mass is 456 g/mol. The van der Waals surface area contributed by atoms with E-state index in [0.717, 1.165) is 44.9 Å². The minimum absolute atomic E-state index is 0.0926. The van der Waals surface area contributed by atoms with E-state index in [1.807, 2.05) is 13.0 Å². The van der Waals surface area contributed by atoms with E-state index in [0.29, 0.717) is 19.5 Å². The minimum Gasteiger partial charge on any atom is -0.396 e. The van der Waals surface area contributed by atoms with Gasteiger partial charge in [0.05, 0.1) is 22.5 Å². The molecule has 6 rings (SSSR count). The zero-order valence-electron chi connectivity index (χ0n) is 19.0. The third-order valence-electron chi connectivity index (χ3n) is 6.59. The van der Waals surface area contributed by atoms with Gasteiger partial charge in [0.15, 0.2) is 0 Å². The van der Waals surface area contributed by atoms with E-state index in [9.17, 15) is 10.2 Å². The van der Waals surface area contributed by atoms with Gasteiger partial charge >= 0.3 is 0 Å². The summed E-state index contributed by atoms with van der Waals surface area (Å²) in [7, 11) is 0. The first-order chi connectivity index (χ1) is 16.5. The zero-order valence-corrected chi connectivity index (χ0v) is 19.0. The Bertz CT molecular complexity index is 1360. The molecule has 4 heterocycles. The van der Waals surface area contributed by atoms with Gasteiger partial charge in [-0.05, 0) is 49.4 Å². The van der Waals surface area contributed by atoms with Gasteiger partial charge < -0.3 is 30.3 Å². The topological polar surface area (TPSA) is 101 Å². The number of rotatable bonds is 6. The van der Waals surface area contributed by atoms with Crippen LogP contribution in [0.15, 0.2) is 60.8 Å². The number of aliphatic hydroxyl groups is 2. The van der Waals surface area contributed by atoms with E-state index in [4.69, 9.17) is 0 Å². The maximum absolute atomic E-state index is 10.0. The van der Waals surface area contributed by atoms with Gasteiger partial charge in [0.25, 0.3) is 0 Å². The van der Waals surface area contributed by atoms with Crippen molar-refractivity contribution in [2.75, 3.05) is 29.9 Å². The molecule has 1 fully saturated rings. The first-order valence-corrected chi connectivity index (χ1v) is 11.6. The van der Waals surface area contributed by atoms with Crippen LogP contribution >= 0.6 is 0 Å². The number of nitrogens with zero attached hydrogens (tertiary/aromatic N) is 3. The van der Waals surface area contributed by atoms with Crippen molar-refractivity contribution in [2.45, 2.75) is 25.1 Å². The summed E-state index contributed by atoms with van der Waals surface area (Å²) in [5.41, 5.74) is 6.53. The van der Waals surface area contributed by atoms with Crippen LogP contribution in [-0.4, -0.2) is 50.3 Å². The van der Waals surface area contributed by atoms with E-state index in [-0.39, 0.29) is 12.8 Å². The number of H-pyrrole nitrogens is 1. The van der Waals surface area contributed by atoms with Crippen LogP contribution in [0.1, 0.15) is 30.0 Å². The van der Waals surface area contributed by atoms with Gasteiger partial charge in [-0.3, -0.25) is 5.10 Å². The fourth-order valence-electron chi connectivity index (χ4n) is 4.87. The van der Waals surface area contributed by atoms with Crippen molar-refractivity contribution in [2.24, 2.45) is 0 Å². The number of benzene rings is 2. The lowest BCUT2D eigenvalue weighted by Crippen LogP contribution is -2.60. The molecule has 2 aromatic carbocycles. The third-order valence-corrected chi connectivity index (χ3v) is 6.59. The van der Waals surface area contributed by atoms with Crippen molar-refractivity contribution in [1.29, 1.82) is 0 Å². The highest BCUT2D eigenvalue weighted by molar-refractivity contribution is 5.87. The summed E-state index contributed by atoms with van der Waals surface area (Å²) < 4.78 is 2.13. The van der Waals surface area contributed by atoms with Crippen LogP contribution in [0, 0.1) is 0 Å². The predicted octanol–water partition coefficient (Wildman–Crippen LogP) is 3.14. The van der Waals surface area contributed by atoms with Crippen LogP contribution in [0.4, 0.5) is 11.4 Å². The van der Waals surface area contributed by atoms with Crippen LogP contribution < -0.4 is 15.5 Å². The second-order valence-corrected chi connectivity index (χ2v) is 9.41. The van der Waals surface area contributed by atoms with E-state index in [2.05, 4.69) is 91.2 Å². The van der Waals surface area contributed by atoms with E-state index >= 15 is 0 Å². The maximum Gasteiger partial charge on any atom is 0.139 e. The summed E-state index contributed by atoms with van der Waals surface area (Å²) in [6, 6.07) is 18.7. The molecule has 5 N–H and O–H groups in total. The van der Waals surface area contributed by atoms with Crippen LogP contribution in [-0.2, 0) is 6.42 Å². The van der Waals surface area contributed by atoms with Crippen LogP contribution in [0.3, 0.4) is 0 Å². The van der Waals surface area contributed by atoms with Gasteiger partial charge in [-0.15, -0.1) is 0 Å². The summed E-state index contributed by atoms with van der Waals surface area (Å²) >= 11 is 0. The van der Waals surface area contributed by atoms with E-state index < -0.39 is 5.60 Å². The van der Waals surface area contributed by atoms with Crippen LogP contribution in [0.5, 0.6) is 0 Å². The molecule has 174 valence electrons. The second-order valence-electron chi connectivity index (χ2n) is 9.41. The van der Waals surface area contributed by atoms with Gasteiger partial charge in [0.2, 0.25) is 0 Å². The normalized spacial score (nSPS) is 18.7. The molecule has 0 aliphatic carbocycles. The highest BCUT2D eigenvalue weighted by atomic mass is 16.3. The number of anilines is 2. The van der Waals surface area contributed by atoms with Crippen molar-refractivity contribution in [1.82, 2.24) is 20.1 Å². The lowest BCUT2D eigenvalue weighted by molar-refractivity contribution is 0.0310. The summed E-state index contributed by atoms with van der Waals surface area (Å²) in [6.07, 6.45) is 4.60. The maximum atomic E-state index is 10.0. The predicted molar refractivity (Wildman–Crippen MR) is 134 cm³/mol. The fraction of sp³-hybridized carbons (Fsp3) is 0.269. The fourth-order valence-corrected chi connectivity index (χ4v) is 4.87. The van der Waals surface area contributed by atoms with E-state index in [1.165, 1.54) is 0 Å². The summed E-state index contributed by atoms with van der Waals surface area (Å²) in [5, 5.41) is 35.0. The molecule has 34 heavy (non-hydrogen) atoms. The van der Waals surface area contributed by atoms with Gasteiger partial charge in [0.1, 0.15) is 6.17 Å². The minimum atomic E-state index is -0.587. The zero-order chi connectivity index (χ0) is 23.3. The number of hydrogen-bond acceptors (Lipinski definition) is 6. The standard InChI is InChI=1S/C26H28N6O2/c1-26(34)15-32(16-26)19-7-5-18(6-8-19)27-25-24-3-2-11-31(24)14-23(28-25)17-4-9-20-21(10-12-33)29-30-22(20)13-17/h2-9,11,13-14,25,27-28,33-34H,10,12,15-16H2,1H3,(H,29,30). The molecule has 0 bridgehead atoms. The number of aliphatic hydroxyl groups excluding tert-OH is 1. The quantitative estimate of drug-likeness (QED) is 0.306. The average molecular weight is 457 g/mol. The first-order valence-electron chi connectivity index (χ1n) is 11.6. The lowest BCUT2D eigenvalue weighted by atomic mass is 9.96. The number of hydrogen-bond donors (Lipinski definition) is 5. The Hall–Kier alpha value is -3.75. The molecule has 0 spiro atoms. The molecular weight excluding hydrogens is 428 g/mol. The molecule has 1 unspecified atom stereocenters. The largest absolute Gasteiger partial charge is 0.396 e. The molecule has 2 aliphatic rings. The summed E-state index contributed by atoms with van der Waals surface area (Å²) in [6.45, 7) is 3.28. The van der Waals surface area contributed by atoms with E-state index in [1.54, 1.807) is 0 Å². The molecule has 8 heteroatoms.